The van der Waals surface area contributed by atoms with E-state index in [-0.39, 0.29) is 41.9 Å². The molecule has 2 heterocycles. The summed E-state index contributed by atoms with van der Waals surface area (Å²) in [5.41, 5.74) is -0.0911. The van der Waals surface area contributed by atoms with Crippen LogP contribution in [0.4, 0.5) is 10.5 Å². The molecular formula is C26H28Cl2N4O4. The van der Waals surface area contributed by atoms with Gasteiger partial charge in [0.25, 0.3) is 11.8 Å². The minimum Gasteiger partial charge on any atom is -0.341 e. The van der Waals surface area contributed by atoms with E-state index in [1.54, 1.807) is 28.0 Å². The van der Waals surface area contributed by atoms with E-state index in [4.69, 9.17) is 23.2 Å². The quantitative estimate of drug-likeness (QED) is 0.586. The number of hydrogen-bond donors (Lipinski definition) is 1. The largest absolute Gasteiger partial charge is 0.341 e. The van der Waals surface area contributed by atoms with Gasteiger partial charge in [-0.25, -0.2) is 4.79 Å². The van der Waals surface area contributed by atoms with Crippen molar-refractivity contribution >= 4 is 52.6 Å². The summed E-state index contributed by atoms with van der Waals surface area (Å²) < 4.78 is 0. The number of rotatable bonds is 5. The van der Waals surface area contributed by atoms with Crippen LogP contribution in [0.5, 0.6) is 0 Å². The first-order valence-electron chi connectivity index (χ1n) is 11.8. The Bertz CT molecular complexity index is 1200. The van der Waals surface area contributed by atoms with E-state index in [1.807, 2.05) is 32.0 Å². The molecule has 36 heavy (non-hydrogen) atoms. The van der Waals surface area contributed by atoms with Crippen LogP contribution in [0, 0.1) is 5.92 Å². The number of imide groups is 1. The van der Waals surface area contributed by atoms with Gasteiger partial charge in [0.2, 0.25) is 5.91 Å². The zero-order valence-electron chi connectivity index (χ0n) is 20.3. The Morgan fingerprint density at radius 2 is 1.61 bits per heavy atom. The maximum atomic E-state index is 13.5. The van der Waals surface area contributed by atoms with Crippen LogP contribution in [0.25, 0.3) is 0 Å². The molecule has 2 aliphatic rings. The van der Waals surface area contributed by atoms with Gasteiger partial charge in [0.1, 0.15) is 11.6 Å². The number of carbonyl (C=O) groups is 4. The van der Waals surface area contributed by atoms with E-state index in [2.05, 4.69) is 5.32 Å². The Kier molecular flexibility index (Phi) is 7.29. The van der Waals surface area contributed by atoms with Crippen LogP contribution < -0.4 is 10.2 Å². The van der Waals surface area contributed by atoms with E-state index in [0.717, 1.165) is 4.90 Å². The van der Waals surface area contributed by atoms with Crippen LogP contribution >= 0.6 is 23.2 Å². The van der Waals surface area contributed by atoms with Crippen LogP contribution in [0.15, 0.2) is 48.5 Å². The number of halogens is 2. The molecule has 2 aromatic carbocycles. The molecular weight excluding hydrogens is 503 g/mol. The van der Waals surface area contributed by atoms with Crippen LogP contribution in [0.2, 0.25) is 10.0 Å². The summed E-state index contributed by atoms with van der Waals surface area (Å²) in [4.78, 5) is 56.9. The molecule has 0 bridgehead atoms. The number of hydrogen-bond acceptors (Lipinski definition) is 4. The number of nitrogens with zero attached hydrogens (tertiary/aromatic N) is 3. The molecule has 0 radical (unpaired) electrons. The van der Waals surface area contributed by atoms with Gasteiger partial charge < -0.3 is 10.2 Å². The number of nitrogens with one attached hydrogen (secondary N) is 1. The zero-order chi connectivity index (χ0) is 26.2. The smallest absolute Gasteiger partial charge is 0.331 e. The third-order valence-electron chi connectivity index (χ3n) is 6.93. The Balaban J connectivity index is 1.51. The number of para-hydroxylation sites is 1. The average Bonchev–Trinajstić information content (AvgIpc) is 3.05. The summed E-state index contributed by atoms with van der Waals surface area (Å²) in [5, 5.41) is 3.41. The number of carbonyl (C=O) groups excluding carboxylic acids is 4. The fraction of sp³-hybridized carbons (Fsp3) is 0.385. The lowest BCUT2D eigenvalue weighted by molar-refractivity contribution is -0.139. The van der Waals surface area contributed by atoms with Crippen molar-refractivity contribution in [1.82, 2.24) is 15.1 Å². The lowest BCUT2D eigenvalue weighted by Crippen LogP contribution is -2.60. The Morgan fingerprint density at radius 3 is 2.19 bits per heavy atom. The number of likely N-dealkylation sites (N-methyl/N-ethyl adjacent to an activating group) is 1. The monoisotopic (exact) mass is 530 g/mol. The van der Waals surface area contributed by atoms with E-state index < -0.39 is 17.5 Å². The molecule has 5 amide bonds. The van der Waals surface area contributed by atoms with Crippen molar-refractivity contribution in [2.45, 2.75) is 38.3 Å². The number of benzene rings is 2. The second kappa shape index (κ2) is 10.1. The van der Waals surface area contributed by atoms with Crippen molar-refractivity contribution in [3.05, 3.63) is 64.1 Å². The maximum Gasteiger partial charge on any atom is 0.331 e. The molecule has 190 valence electrons. The summed E-state index contributed by atoms with van der Waals surface area (Å²) in [6.07, 6.45) is 0.599. The second-order valence-corrected chi connectivity index (χ2v) is 10.3. The van der Waals surface area contributed by atoms with Crippen molar-refractivity contribution in [3.8, 4) is 0 Å². The normalized spacial score (nSPS) is 18.2. The van der Waals surface area contributed by atoms with Gasteiger partial charge in [-0.05, 0) is 49.1 Å². The van der Waals surface area contributed by atoms with Crippen LogP contribution in [-0.2, 0) is 9.59 Å². The highest BCUT2D eigenvalue weighted by atomic mass is 35.5. The highest BCUT2D eigenvalue weighted by Crippen LogP contribution is 2.40. The van der Waals surface area contributed by atoms with Crippen LogP contribution in [0.3, 0.4) is 0 Å². The first kappa shape index (κ1) is 26.0. The SMILES string of the molecule is CC(C)C(NC(=O)c1ccc(Cl)c(Cl)c1)C(=O)N1CCC2(CC1)C(=O)N(C)C(=O)N2c1ccccc1. The lowest BCUT2D eigenvalue weighted by atomic mass is 9.85. The fourth-order valence-electron chi connectivity index (χ4n) is 4.87. The third-order valence-corrected chi connectivity index (χ3v) is 7.67. The average molecular weight is 531 g/mol. The summed E-state index contributed by atoms with van der Waals surface area (Å²) in [7, 11) is 1.49. The molecule has 4 rings (SSSR count). The third kappa shape index (κ3) is 4.55. The summed E-state index contributed by atoms with van der Waals surface area (Å²) in [5.74, 6) is -1.11. The predicted octanol–water partition coefficient (Wildman–Crippen LogP) is 4.21. The van der Waals surface area contributed by atoms with E-state index in [0.29, 0.717) is 29.1 Å². The lowest BCUT2D eigenvalue weighted by Gasteiger charge is -2.43. The molecule has 2 saturated heterocycles. The molecule has 0 aromatic heterocycles. The molecule has 10 heteroatoms. The molecule has 0 aliphatic carbocycles. The maximum absolute atomic E-state index is 13.5. The number of likely N-dealkylation sites (tertiary alicyclic amines) is 1. The van der Waals surface area contributed by atoms with Gasteiger partial charge in [-0.1, -0.05) is 55.2 Å². The van der Waals surface area contributed by atoms with E-state index in [1.165, 1.54) is 19.2 Å². The minimum absolute atomic E-state index is 0.179. The van der Waals surface area contributed by atoms with Crippen LogP contribution in [0.1, 0.15) is 37.0 Å². The molecule has 1 N–H and O–H groups in total. The summed E-state index contributed by atoms with van der Waals surface area (Å²) in [6, 6.07) is 12.5. The first-order valence-corrected chi connectivity index (χ1v) is 12.5. The van der Waals surface area contributed by atoms with Gasteiger partial charge in [0.15, 0.2) is 0 Å². The van der Waals surface area contributed by atoms with E-state index in [9.17, 15) is 19.2 Å². The summed E-state index contributed by atoms with van der Waals surface area (Å²) in [6.45, 7) is 4.27. The second-order valence-electron chi connectivity index (χ2n) is 9.50. The molecule has 1 atom stereocenters. The van der Waals surface area contributed by atoms with Gasteiger partial charge in [-0.3, -0.25) is 24.2 Å². The Labute approximate surface area is 220 Å². The van der Waals surface area contributed by atoms with Gasteiger partial charge in [-0.15, -0.1) is 0 Å². The van der Waals surface area contributed by atoms with Crippen molar-refractivity contribution < 1.29 is 19.2 Å². The van der Waals surface area contributed by atoms with Crippen molar-refractivity contribution in [2.75, 3.05) is 25.0 Å². The highest BCUT2D eigenvalue weighted by Gasteiger charge is 2.58. The minimum atomic E-state index is -1.04. The van der Waals surface area contributed by atoms with Gasteiger partial charge in [0.05, 0.1) is 10.0 Å². The standard InChI is InChI=1S/C26H28Cl2N4O4/c1-16(2)21(29-22(33)17-9-10-19(27)20(28)15-17)23(34)31-13-11-26(12-14-31)24(35)30(3)25(36)32(26)18-7-5-4-6-8-18/h4-10,15-16,21H,11-14H2,1-3H3,(H,29,33). The number of anilines is 1. The van der Waals surface area contributed by atoms with Crippen LogP contribution in [-0.4, -0.2) is 65.3 Å². The molecule has 8 nitrogen and oxygen atoms in total. The van der Waals surface area contributed by atoms with Crippen molar-refractivity contribution in [1.29, 1.82) is 0 Å². The summed E-state index contributed by atoms with van der Waals surface area (Å²) >= 11 is 12.0. The molecule has 1 spiro atoms. The number of amides is 5. The molecule has 2 fully saturated rings. The predicted molar refractivity (Wildman–Crippen MR) is 138 cm³/mol. The number of urea groups is 1. The van der Waals surface area contributed by atoms with Crippen molar-refractivity contribution in [2.24, 2.45) is 5.92 Å². The topological polar surface area (TPSA) is 90.0 Å². The number of piperidine rings is 1. The Morgan fingerprint density at radius 1 is 0.972 bits per heavy atom. The zero-order valence-corrected chi connectivity index (χ0v) is 21.8. The van der Waals surface area contributed by atoms with Gasteiger partial charge in [0, 0.05) is 31.4 Å². The van der Waals surface area contributed by atoms with Gasteiger partial charge in [-0.2, -0.15) is 0 Å². The molecule has 2 aliphatic heterocycles. The highest BCUT2D eigenvalue weighted by molar-refractivity contribution is 6.42. The van der Waals surface area contributed by atoms with Gasteiger partial charge >= 0.3 is 6.03 Å². The molecule has 0 saturated carbocycles. The molecule has 1 unspecified atom stereocenters. The Hall–Kier alpha value is -3.10. The fourth-order valence-corrected chi connectivity index (χ4v) is 5.17. The van der Waals surface area contributed by atoms with E-state index >= 15 is 0 Å². The van der Waals surface area contributed by atoms with Crippen molar-refractivity contribution in [3.63, 3.8) is 0 Å². The molecule has 2 aromatic rings. The first-order chi connectivity index (χ1) is 17.1.